The van der Waals surface area contributed by atoms with Crippen LogP contribution in [0.25, 0.3) is 11.6 Å². The van der Waals surface area contributed by atoms with Gasteiger partial charge in [0, 0.05) is 18.6 Å². The molecule has 0 amide bonds. The minimum Gasteiger partial charge on any atom is -0.478 e. The minimum atomic E-state index is -3.30. The van der Waals surface area contributed by atoms with Gasteiger partial charge in [-0.3, -0.25) is 4.98 Å². The van der Waals surface area contributed by atoms with Crippen molar-refractivity contribution in [3.8, 4) is 0 Å². The number of sulfone groups is 1. The lowest BCUT2D eigenvalue weighted by molar-refractivity contribution is -0.130. The standard InChI is InChI=1S/C15H13NO4S/c1-21(19,20)13-6-4-12(5-7-13)14(15(17)18)9-11-3-2-8-16-10-11/h2-10H,1H3,(H,17,18). The Balaban J connectivity index is 2.45. The van der Waals surface area contributed by atoms with Crippen LogP contribution in [0.15, 0.2) is 53.7 Å². The van der Waals surface area contributed by atoms with Crippen molar-refractivity contribution in [2.45, 2.75) is 4.90 Å². The second-order valence-electron chi connectivity index (χ2n) is 4.45. The number of rotatable bonds is 4. The molecule has 1 aromatic heterocycles. The number of benzene rings is 1. The topological polar surface area (TPSA) is 84.3 Å². The van der Waals surface area contributed by atoms with E-state index in [1.807, 2.05) is 0 Å². The van der Waals surface area contributed by atoms with Gasteiger partial charge in [0.25, 0.3) is 0 Å². The van der Waals surface area contributed by atoms with Gasteiger partial charge >= 0.3 is 5.97 Å². The number of hydrogen-bond donors (Lipinski definition) is 1. The molecule has 5 nitrogen and oxygen atoms in total. The predicted octanol–water partition coefficient (Wildman–Crippen LogP) is 2.11. The van der Waals surface area contributed by atoms with E-state index < -0.39 is 15.8 Å². The molecule has 0 atom stereocenters. The van der Waals surface area contributed by atoms with Crippen LogP contribution in [0.3, 0.4) is 0 Å². The van der Waals surface area contributed by atoms with Crippen LogP contribution >= 0.6 is 0 Å². The van der Waals surface area contributed by atoms with Crippen LogP contribution in [0.2, 0.25) is 0 Å². The number of aliphatic carboxylic acids is 1. The monoisotopic (exact) mass is 303 g/mol. The molecule has 0 fully saturated rings. The van der Waals surface area contributed by atoms with Gasteiger partial charge in [0.2, 0.25) is 0 Å². The van der Waals surface area contributed by atoms with Gasteiger partial charge in [0.1, 0.15) is 0 Å². The van der Waals surface area contributed by atoms with E-state index in [2.05, 4.69) is 4.98 Å². The number of carboxylic acid groups (broad SMARTS) is 1. The summed E-state index contributed by atoms with van der Waals surface area (Å²) in [7, 11) is -3.30. The fourth-order valence-electron chi connectivity index (χ4n) is 1.78. The van der Waals surface area contributed by atoms with Crippen LogP contribution in [-0.2, 0) is 14.6 Å². The molecule has 0 saturated heterocycles. The molecule has 2 rings (SSSR count). The molecule has 1 heterocycles. The molecule has 1 aromatic carbocycles. The van der Waals surface area contributed by atoms with Crippen molar-refractivity contribution >= 4 is 27.5 Å². The van der Waals surface area contributed by atoms with Gasteiger partial charge in [-0.1, -0.05) is 18.2 Å². The number of hydrogen-bond acceptors (Lipinski definition) is 4. The van der Waals surface area contributed by atoms with E-state index in [-0.39, 0.29) is 10.5 Å². The third-order valence-electron chi connectivity index (χ3n) is 2.82. The lowest BCUT2D eigenvalue weighted by Gasteiger charge is -2.04. The van der Waals surface area contributed by atoms with E-state index in [9.17, 15) is 18.3 Å². The van der Waals surface area contributed by atoms with Crippen molar-refractivity contribution in [2.75, 3.05) is 6.26 Å². The summed E-state index contributed by atoms with van der Waals surface area (Å²) >= 11 is 0. The molecule has 0 aliphatic carbocycles. The molecule has 108 valence electrons. The van der Waals surface area contributed by atoms with Gasteiger partial charge in [-0.2, -0.15) is 0 Å². The first kappa shape index (κ1) is 14.9. The van der Waals surface area contributed by atoms with E-state index in [1.165, 1.54) is 30.3 Å². The molecule has 0 aliphatic heterocycles. The van der Waals surface area contributed by atoms with Gasteiger partial charge in [-0.15, -0.1) is 0 Å². The van der Waals surface area contributed by atoms with Gasteiger partial charge < -0.3 is 5.11 Å². The van der Waals surface area contributed by atoms with Crippen molar-refractivity contribution in [3.63, 3.8) is 0 Å². The Morgan fingerprint density at radius 2 is 1.86 bits per heavy atom. The molecule has 0 bridgehead atoms. The van der Waals surface area contributed by atoms with Crippen molar-refractivity contribution in [2.24, 2.45) is 0 Å². The van der Waals surface area contributed by atoms with Crippen LogP contribution in [0, 0.1) is 0 Å². The summed E-state index contributed by atoms with van der Waals surface area (Å²) in [5.74, 6) is -1.09. The predicted molar refractivity (Wildman–Crippen MR) is 79.3 cm³/mol. The van der Waals surface area contributed by atoms with Crippen molar-refractivity contribution in [3.05, 3.63) is 59.9 Å². The van der Waals surface area contributed by atoms with Crippen LogP contribution in [0.1, 0.15) is 11.1 Å². The Labute approximate surface area is 122 Å². The average molecular weight is 303 g/mol. The average Bonchev–Trinajstić information content (AvgIpc) is 2.45. The Morgan fingerprint density at radius 3 is 2.33 bits per heavy atom. The largest absolute Gasteiger partial charge is 0.478 e. The Morgan fingerprint density at radius 1 is 1.19 bits per heavy atom. The fourth-order valence-corrected chi connectivity index (χ4v) is 2.41. The molecule has 0 saturated carbocycles. The van der Waals surface area contributed by atoms with Gasteiger partial charge in [0.15, 0.2) is 9.84 Å². The third-order valence-corrected chi connectivity index (χ3v) is 3.95. The highest BCUT2D eigenvalue weighted by Gasteiger charge is 2.12. The second-order valence-corrected chi connectivity index (χ2v) is 6.46. The maximum absolute atomic E-state index is 11.4. The van der Waals surface area contributed by atoms with Crippen LogP contribution < -0.4 is 0 Å². The van der Waals surface area contributed by atoms with Crippen LogP contribution in [-0.4, -0.2) is 30.7 Å². The molecule has 0 aliphatic rings. The number of nitrogens with zero attached hydrogens (tertiary/aromatic N) is 1. The lowest BCUT2D eigenvalue weighted by Crippen LogP contribution is -2.01. The summed E-state index contributed by atoms with van der Waals surface area (Å²) in [5, 5.41) is 9.31. The zero-order valence-electron chi connectivity index (χ0n) is 11.2. The summed E-state index contributed by atoms with van der Waals surface area (Å²) in [6, 6.07) is 9.19. The Bertz CT molecular complexity index is 778. The normalized spacial score (nSPS) is 12.1. The first-order valence-electron chi connectivity index (χ1n) is 6.03. The molecule has 2 aromatic rings. The van der Waals surface area contributed by atoms with Gasteiger partial charge in [-0.25, -0.2) is 13.2 Å². The van der Waals surface area contributed by atoms with E-state index in [4.69, 9.17) is 0 Å². The highest BCUT2D eigenvalue weighted by molar-refractivity contribution is 7.90. The van der Waals surface area contributed by atoms with Crippen molar-refractivity contribution < 1.29 is 18.3 Å². The molecule has 0 unspecified atom stereocenters. The maximum Gasteiger partial charge on any atom is 0.336 e. The first-order chi connectivity index (χ1) is 9.88. The van der Waals surface area contributed by atoms with E-state index in [0.29, 0.717) is 11.1 Å². The summed E-state index contributed by atoms with van der Waals surface area (Å²) in [4.78, 5) is 15.4. The summed E-state index contributed by atoms with van der Waals surface area (Å²) < 4.78 is 22.8. The zero-order valence-corrected chi connectivity index (χ0v) is 12.0. The molecule has 21 heavy (non-hydrogen) atoms. The zero-order chi connectivity index (χ0) is 15.5. The van der Waals surface area contributed by atoms with Crippen LogP contribution in [0.4, 0.5) is 0 Å². The molecular weight excluding hydrogens is 290 g/mol. The molecule has 0 radical (unpaired) electrons. The van der Waals surface area contributed by atoms with E-state index in [0.717, 1.165) is 6.26 Å². The van der Waals surface area contributed by atoms with Crippen molar-refractivity contribution in [1.29, 1.82) is 0 Å². The first-order valence-corrected chi connectivity index (χ1v) is 7.92. The summed E-state index contributed by atoms with van der Waals surface area (Å²) in [6.07, 6.45) is 5.74. The highest BCUT2D eigenvalue weighted by atomic mass is 32.2. The molecular formula is C15H13NO4S. The SMILES string of the molecule is CS(=O)(=O)c1ccc(C(=Cc2cccnc2)C(=O)O)cc1. The second kappa shape index (κ2) is 5.88. The van der Waals surface area contributed by atoms with E-state index >= 15 is 0 Å². The van der Waals surface area contributed by atoms with Crippen LogP contribution in [0.5, 0.6) is 0 Å². The minimum absolute atomic E-state index is 0.0723. The van der Waals surface area contributed by atoms with Gasteiger partial charge in [-0.05, 0) is 35.4 Å². The van der Waals surface area contributed by atoms with E-state index in [1.54, 1.807) is 24.5 Å². The Kier molecular flexibility index (Phi) is 4.18. The van der Waals surface area contributed by atoms with Crippen molar-refractivity contribution in [1.82, 2.24) is 4.98 Å². The smallest absolute Gasteiger partial charge is 0.336 e. The highest BCUT2D eigenvalue weighted by Crippen LogP contribution is 2.20. The summed E-state index contributed by atoms with van der Waals surface area (Å²) in [6.45, 7) is 0. The molecule has 1 N–H and O–H groups in total. The third kappa shape index (κ3) is 3.76. The number of carbonyl (C=O) groups is 1. The number of carboxylic acids is 1. The quantitative estimate of drug-likeness (QED) is 0.874. The molecule has 6 heteroatoms. The molecule has 0 spiro atoms. The maximum atomic E-state index is 11.4. The number of aromatic nitrogens is 1. The Hall–Kier alpha value is -2.47. The number of pyridine rings is 1. The van der Waals surface area contributed by atoms with Gasteiger partial charge in [0.05, 0.1) is 10.5 Å². The lowest BCUT2D eigenvalue weighted by atomic mass is 10.0. The fraction of sp³-hybridized carbons (Fsp3) is 0.0667. The summed E-state index contributed by atoms with van der Waals surface area (Å²) in [5.41, 5.74) is 1.16.